The predicted octanol–water partition coefficient (Wildman–Crippen LogP) is 0.635. The van der Waals surface area contributed by atoms with Gasteiger partial charge in [0.15, 0.2) is 5.75 Å². The lowest BCUT2D eigenvalue weighted by atomic mass is 9.89. The van der Waals surface area contributed by atoms with Crippen molar-refractivity contribution in [1.82, 2.24) is 0 Å². The second kappa shape index (κ2) is 9.24. The zero-order chi connectivity index (χ0) is 23.0. The van der Waals surface area contributed by atoms with Gasteiger partial charge in [0.05, 0.1) is 18.1 Å². The van der Waals surface area contributed by atoms with Crippen LogP contribution >= 0.6 is 0 Å². The highest BCUT2D eigenvalue weighted by molar-refractivity contribution is 5.86. The average Bonchev–Trinajstić information content (AvgIpc) is 2.78. The molecule has 1 saturated carbocycles. The summed E-state index contributed by atoms with van der Waals surface area (Å²) >= 11 is 0. The lowest BCUT2D eigenvalue weighted by molar-refractivity contribution is -0.277. The number of aliphatic hydroxyl groups excluding tert-OH is 4. The fourth-order valence-corrected chi connectivity index (χ4v) is 4.15. The van der Waals surface area contributed by atoms with Crippen LogP contribution in [0.1, 0.15) is 32.6 Å². The number of hydrogen-bond donors (Lipinski definition) is 5. The molecule has 10 nitrogen and oxygen atoms in total. The van der Waals surface area contributed by atoms with Crippen molar-refractivity contribution < 1.29 is 44.2 Å². The largest absolute Gasteiger partial charge is 0.499 e. The topological polar surface area (TPSA) is 159 Å². The third kappa shape index (κ3) is 4.41. The molecule has 1 saturated heterocycles. The van der Waals surface area contributed by atoms with E-state index in [0.29, 0.717) is 11.3 Å². The van der Waals surface area contributed by atoms with Crippen LogP contribution in [-0.4, -0.2) is 68.9 Å². The maximum atomic E-state index is 12.2. The van der Waals surface area contributed by atoms with E-state index in [9.17, 15) is 30.3 Å². The summed E-state index contributed by atoms with van der Waals surface area (Å²) in [6, 6.07) is 4.41. The lowest BCUT2D eigenvalue weighted by Crippen LogP contribution is -2.60. The molecule has 0 bridgehead atoms. The van der Waals surface area contributed by atoms with Crippen LogP contribution in [0.3, 0.4) is 0 Å². The fourth-order valence-electron chi connectivity index (χ4n) is 4.15. The first kappa shape index (κ1) is 22.8. The molecule has 1 aromatic heterocycles. The monoisotopic (exact) mass is 452 g/mol. The molecule has 2 aromatic rings. The van der Waals surface area contributed by atoms with E-state index in [1.165, 1.54) is 18.2 Å². The smallest absolute Gasteiger partial charge is 0.382 e. The summed E-state index contributed by atoms with van der Waals surface area (Å²) < 4.78 is 22.1. The van der Waals surface area contributed by atoms with Gasteiger partial charge in [-0.25, -0.2) is 4.79 Å². The van der Waals surface area contributed by atoms with Crippen LogP contribution in [0.15, 0.2) is 27.4 Å². The number of rotatable bonds is 5. The van der Waals surface area contributed by atoms with Crippen LogP contribution in [0.5, 0.6) is 17.2 Å². The van der Waals surface area contributed by atoms with Gasteiger partial charge in [-0.3, -0.25) is 0 Å². The van der Waals surface area contributed by atoms with Crippen LogP contribution in [0.25, 0.3) is 11.0 Å². The van der Waals surface area contributed by atoms with Gasteiger partial charge in [-0.15, -0.1) is 0 Å². The number of fused-ring (bicyclic) bond motifs is 1. The van der Waals surface area contributed by atoms with Crippen LogP contribution in [-0.2, 0) is 4.74 Å². The van der Waals surface area contributed by atoms with E-state index in [4.69, 9.17) is 18.6 Å². The van der Waals surface area contributed by atoms with E-state index >= 15 is 0 Å². The third-order valence-corrected chi connectivity index (χ3v) is 6.16. The standard InChI is InChI=1S/C22H28O10/c1-10-2-4-11(5-3-10)29-20-13-7-6-12(8-14(13)31-21(28)19(20)27)30-22-18(26)17(25)16(24)15(9-23)32-22/h6-8,10-11,15-18,22-27H,2-5,9H2,1H3/t10-,11+,15-,16-,17+,18-,22-/m1/s1. The normalized spacial score (nSPS) is 33.2. The second-order valence-corrected chi connectivity index (χ2v) is 8.54. The summed E-state index contributed by atoms with van der Waals surface area (Å²) in [5, 5.41) is 49.9. The third-order valence-electron chi connectivity index (χ3n) is 6.16. The quantitative estimate of drug-likeness (QED) is 0.407. The van der Waals surface area contributed by atoms with Gasteiger partial charge in [0.2, 0.25) is 12.0 Å². The van der Waals surface area contributed by atoms with Gasteiger partial charge in [0, 0.05) is 6.07 Å². The minimum absolute atomic E-state index is 0.0511. The van der Waals surface area contributed by atoms with E-state index < -0.39 is 48.7 Å². The van der Waals surface area contributed by atoms with Gasteiger partial charge < -0.3 is 44.2 Å². The summed E-state index contributed by atoms with van der Waals surface area (Å²) in [6.07, 6.45) is -3.64. The molecule has 2 fully saturated rings. The van der Waals surface area contributed by atoms with Crippen molar-refractivity contribution in [3.63, 3.8) is 0 Å². The van der Waals surface area contributed by atoms with E-state index in [0.717, 1.165) is 25.7 Å². The fraction of sp³-hybridized carbons (Fsp3) is 0.591. The van der Waals surface area contributed by atoms with Gasteiger partial charge in [0.1, 0.15) is 35.7 Å². The van der Waals surface area contributed by atoms with E-state index in [1.54, 1.807) is 0 Å². The predicted molar refractivity (Wildman–Crippen MR) is 111 cm³/mol. The highest BCUT2D eigenvalue weighted by Crippen LogP contribution is 2.37. The molecule has 2 heterocycles. The molecule has 5 atom stereocenters. The molecule has 10 heteroatoms. The first-order chi connectivity index (χ1) is 15.3. The van der Waals surface area contributed by atoms with Crippen molar-refractivity contribution in [3.8, 4) is 17.2 Å². The molecular weight excluding hydrogens is 424 g/mol. The minimum atomic E-state index is -1.58. The summed E-state index contributed by atoms with van der Waals surface area (Å²) in [5.41, 5.74) is -0.865. The molecular formula is C22H28O10. The summed E-state index contributed by atoms with van der Waals surface area (Å²) in [5.74, 6) is 0.199. The summed E-state index contributed by atoms with van der Waals surface area (Å²) in [6.45, 7) is 1.59. The first-order valence-corrected chi connectivity index (χ1v) is 10.7. The van der Waals surface area contributed by atoms with Crippen LogP contribution < -0.4 is 15.1 Å². The molecule has 0 spiro atoms. The van der Waals surface area contributed by atoms with E-state index in [2.05, 4.69) is 6.92 Å². The van der Waals surface area contributed by atoms with Gasteiger partial charge >= 0.3 is 5.63 Å². The van der Waals surface area contributed by atoms with Crippen molar-refractivity contribution in [2.45, 2.75) is 69.4 Å². The van der Waals surface area contributed by atoms with Crippen molar-refractivity contribution in [1.29, 1.82) is 0 Å². The molecule has 0 radical (unpaired) electrons. The van der Waals surface area contributed by atoms with Crippen molar-refractivity contribution in [2.24, 2.45) is 5.92 Å². The Morgan fingerprint density at radius 2 is 1.75 bits per heavy atom. The molecule has 4 rings (SSSR count). The van der Waals surface area contributed by atoms with E-state index in [-0.39, 0.29) is 23.2 Å². The Labute approximate surface area is 183 Å². The summed E-state index contributed by atoms with van der Waals surface area (Å²) in [7, 11) is 0. The molecule has 1 aliphatic carbocycles. The van der Waals surface area contributed by atoms with Crippen LogP contribution in [0.4, 0.5) is 0 Å². The SMILES string of the molecule is C[C@H]1CC[C@@H](Oc2c(O)c(=O)oc3cc(O[C@@H]4O[C@H](CO)[C@@H](O)[C@H](O)[C@H]4O)ccc23)CC1. The second-order valence-electron chi connectivity index (χ2n) is 8.54. The average molecular weight is 452 g/mol. The zero-order valence-corrected chi connectivity index (χ0v) is 17.6. The van der Waals surface area contributed by atoms with Crippen molar-refractivity contribution in [2.75, 3.05) is 6.61 Å². The highest BCUT2D eigenvalue weighted by atomic mass is 16.7. The Hall–Kier alpha value is -2.37. The Balaban J connectivity index is 1.59. The molecule has 176 valence electrons. The van der Waals surface area contributed by atoms with Crippen molar-refractivity contribution >= 4 is 11.0 Å². The molecule has 32 heavy (non-hydrogen) atoms. The molecule has 1 aliphatic heterocycles. The molecule has 0 amide bonds. The molecule has 2 aliphatic rings. The number of ether oxygens (including phenoxy) is 3. The molecule has 0 unspecified atom stereocenters. The summed E-state index contributed by atoms with van der Waals surface area (Å²) in [4.78, 5) is 12.2. The Morgan fingerprint density at radius 1 is 1.03 bits per heavy atom. The Morgan fingerprint density at radius 3 is 2.44 bits per heavy atom. The first-order valence-electron chi connectivity index (χ1n) is 10.7. The Kier molecular flexibility index (Phi) is 6.59. The maximum absolute atomic E-state index is 12.2. The number of aromatic hydroxyl groups is 1. The van der Waals surface area contributed by atoms with E-state index in [1.807, 2.05) is 0 Å². The minimum Gasteiger partial charge on any atom is -0.499 e. The maximum Gasteiger partial charge on any atom is 0.382 e. The lowest BCUT2D eigenvalue weighted by Gasteiger charge is -2.39. The number of hydrogen-bond acceptors (Lipinski definition) is 10. The highest BCUT2D eigenvalue weighted by Gasteiger charge is 2.44. The van der Waals surface area contributed by atoms with Crippen LogP contribution in [0, 0.1) is 5.92 Å². The number of benzene rings is 1. The van der Waals surface area contributed by atoms with Crippen LogP contribution in [0.2, 0.25) is 0 Å². The Bertz CT molecular complexity index is 994. The molecule has 1 aromatic carbocycles. The number of aliphatic hydroxyl groups is 4. The van der Waals surface area contributed by atoms with Gasteiger partial charge in [0.25, 0.3) is 0 Å². The van der Waals surface area contributed by atoms with Crippen molar-refractivity contribution in [3.05, 3.63) is 28.6 Å². The zero-order valence-electron chi connectivity index (χ0n) is 17.6. The molecule has 5 N–H and O–H groups in total. The van der Waals surface area contributed by atoms with Gasteiger partial charge in [-0.2, -0.15) is 0 Å². The van der Waals surface area contributed by atoms with Gasteiger partial charge in [-0.05, 0) is 43.7 Å². The van der Waals surface area contributed by atoms with Gasteiger partial charge in [-0.1, -0.05) is 6.92 Å².